The normalized spacial score (nSPS) is 11.8. The van der Waals surface area contributed by atoms with Gasteiger partial charge in [-0.2, -0.15) is 4.98 Å². The van der Waals surface area contributed by atoms with E-state index in [9.17, 15) is 0 Å². The van der Waals surface area contributed by atoms with Crippen LogP contribution in [0, 0.1) is 0 Å². The van der Waals surface area contributed by atoms with Crippen LogP contribution in [0.2, 0.25) is 0 Å². The number of hydrogen-bond donors (Lipinski definition) is 2. The van der Waals surface area contributed by atoms with Crippen molar-refractivity contribution in [1.29, 1.82) is 0 Å². The van der Waals surface area contributed by atoms with Gasteiger partial charge >= 0.3 is 0 Å². The lowest BCUT2D eigenvalue weighted by atomic mass is 10.2. The molecule has 0 saturated carbocycles. The maximum atomic E-state index is 4.64. The first-order valence-corrected chi connectivity index (χ1v) is 9.02. The molecule has 0 amide bonds. The second kappa shape index (κ2) is 8.07. The summed E-state index contributed by atoms with van der Waals surface area (Å²) in [5, 5.41) is 6.70. The molecule has 1 aromatic carbocycles. The quantitative estimate of drug-likeness (QED) is 0.594. The highest BCUT2D eigenvalue weighted by Crippen LogP contribution is 2.27. The molecule has 5 nitrogen and oxygen atoms in total. The summed E-state index contributed by atoms with van der Waals surface area (Å²) < 4.78 is 0.980. The Kier molecular flexibility index (Phi) is 5.60. The standard InChI is InChI=1S/C19H20BrN5/c1-3-13(2)22-19-24-17(14-7-6-10-21-12-14)11-18(25-19)23-16-9-5-4-8-15(16)20/h4-13H,3H2,1-2H3,(H2,22,23,24,25)/t13-/m1/s1. The minimum Gasteiger partial charge on any atom is -0.352 e. The number of para-hydroxylation sites is 1. The molecule has 0 spiro atoms. The zero-order valence-corrected chi connectivity index (χ0v) is 15.8. The SMILES string of the molecule is CC[C@@H](C)Nc1nc(Nc2ccccc2Br)cc(-c2cccnc2)n1. The van der Waals surface area contributed by atoms with E-state index in [4.69, 9.17) is 0 Å². The number of pyridine rings is 1. The Morgan fingerprint density at radius 3 is 2.68 bits per heavy atom. The van der Waals surface area contributed by atoms with Crippen LogP contribution in [-0.2, 0) is 0 Å². The van der Waals surface area contributed by atoms with Crippen molar-refractivity contribution in [3.8, 4) is 11.3 Å². The van der Waals surface area contributed by atoms with E-state index >= 15 is 0 Å². The molecular formula is C19H20BrN5. The molecule has 2 aromatic heterocycles. The maximum absolute atomic E-state index is 4.64. The fourth-order valence-corrected chi connectivity index (χ4v) is 2.64. The predicted molar refractivity (Wildman–Crippen MR) is 106 cm³/mol. The smallest absolute Gasteiger partial charge is 0.225 e. The van der Waals surface area contributed by atoms with E-state index in [2.05, 4.69) is 55.4 Å². The average molecular weight is 398 g/mol. The van der Waals surface area contributed by atoms with Crippen LogP contribution in [0.15, 0.2) is 59.3 Å². The van der Waals surface area contributed by atoms with Crippen molar-refractivity contribution >= 4 is 33.4 Å². The van der Waals surface area contributed by atoms with Crippen molar-refractivity contribution in [3.05, 3.63) is 59.3 Å². The second-order valence-electron chi connectivity index (χ2n) is 5.76. The van der Waals surface area contributed by atoms with E-state index < -0.39 is 0 Å². The summed E-state index contributed by atoms with van der Waals surface area (Å²) in [6.45, 7) is 4.24. The van der Waals surface area contributed by atoms with Crippen molar-refractivity contribution < 1.29 is 0 Å². The molecule has 3 aromatic rings. The van der Waals surface area contributed by atoms with Gasteiger partial charge in [0.05, 0.1) is 11.4 Å². The molecule has 0 unspecified atom stereocenters. The zero-order chi connectivity index (χ0) is 17.6. The number of hydrogen-bond acceptors (Lipinski definition) is 5. The largest absolute Gasteiger partial charge is 0.352 e. The number of nitrogens with one attached hydrogen (secondary N) is 2. The van der Waals surface area contributed by atoms with E-state index in [1.807, 2.05) is 42.5 Å². The Bertz CT molecular complexity index is 838. The van der Waals surface area contributed by atoms with E-state index in [-0.39, 0.29) is 0 Å². The number of anilines is 3. The van der Waals surface area contributed by atoms with E-state index in [1.54, 1.807) is 12.4 Å². The number of nitrogens with zero attached hydrogens (tertiary/aromatic N) is 3. The summed E-state index contributed by atoms with van der Waals surface area (Å²) in [7, 11) is 0. The maximum Gasteiger partial charge on any atom is 0.225 e. The van der Waals surface area contributed by atoms with Crippen LogP contribution in [0.5, 0.6) is 0 Å². The molecule has 1 atom stereocenters. The molecule has 0 aliphatic heterocycles. The van der Waals surface area contributed by atoms with Crippen LogP contribution in [0.4, 0.5) is 17.5 Å². The van der Waals surface area contributed by atoms with Gasteiger partial charge in [-0.25, -0.2) is 4.98 Å². The Morgan fingerprint density at radius 1 is 1.12 bits per heavy atom. The van der Waals surface area contributed by atoms with Gasteiger partial charge in [0.15, 0.2) is 0 Å². The van der Waals surface area contributed by atoms with Gasteiger partial charge in [0.25, 0.3) is 0 Å². The van der Waals surface area contributed by atoms with Gasteiger partial charge in [-0.05, 0) is 53.5 Å². The van der Waals surface area contributed by atoms with Crippen LogP contribution < -0.4 is 10.6 Å². The lowest BCUT2D eigenvalue weighted by Crippen LogP contribution is -2.16. The fraction of sp³-hybridized carbons (Fsp3) is 0.211. The van der Waals surface area contributed by atoms with Gasteiger partial charge in [0, 0.05) is 34.5 Å². The van der Waals surface area contributed by atoms with Gasteiger partial charge in [-0.1, -0.05) is 19.1 Å². The molecule has 0 aliphatic carbocycles. The molecule has 0 radical (unpaired) electrons. The van der Waals surface area contributed by atoms with Crippen LogP contribution >= 0.6 is 15.9 Å². The number of rotatable bonds is 6. The first-order valence-electron chi connectivity index (χ1n) is 8.23. The monoisotopic (exact) mass is 397 g/mol. The zero-order valence-electron chi connectivity index (χ0n) is 14.2. The van der Waals surface area contributed by atoms with E-state index in [0.29, 0.717) is 12.0 Å². The third-order valence-electron chi connectivity index (χ3n) is 3.81. The Labute approximate surface area is 156 Å². The topological polar surface area (TPSA) is 62.7 Å². The molecule has 0 aliphatic rings. The predicted octanol–water partition coefficient (Wildman–Crippen LogP) is 5.26. The van der Waals surface area contributed by atoms with Crippen LogP contribution in [-0.4, -0.2) is 21.0 Å². The molecule has 2 N–H and O–H groups in total. The van der Waals surface area contributed by atoms with Crippen molar-refractivity contribution in [2.24, 2.45) is 0 Å². The Hall–Kier alpha value is -2.47. The Balaban J connectivity index is 1.99. The molecule has 0 fully saturated rings. The highest BCUT2D eigenvalue weighted by molar-refractivity contribution is 9.10. The average Bonchev–Trinajstić information content (AvgIpc) is 2.64. The van der Waals surface area contributed by atoms with Gasteiger partial charge in [-0.3, -0.25) is 4.98 Å². The van der Waals surface area contributed by atoms with Crippen LogP contribution in [0.3, 0.4) is 0 Å². The minimum atomic E-state index is 0.292. The highest BCUT2D eigenvalue weighted by atomic mass is 79.9. The minimum absolute atomic E-state index is 0.292. The first-order chi connectivity index (χ1) is 12.2. The van der Waals surface area contributed by atoms with Crippen LogP contribution in [0.1, 0.15) is 20.3 Å². The van der Waals surface area contributed by atoms with Gasteiger partial charge < -0.3 is 10.6 Å². The summed E-state index contributed by atoms with van der Waals surface area (Å²) in [5.41, 5.74) is 2.73. The molecule has 25 heavy (non-hydrogen) atoms. The fourth-order valence-electron chi connectivity index (χ4n) is 2.26. The van der Waals surface area contributed by atoms with Crippen LogP contribution in [0.25, 0.3) is 11.3 Å². The van der Waals surface area contributed by atoms with Crippen molar-refractivity contribution in [2.75, 3.05) is 10.6 Å². The summed E-state index contributed by atoms with van der Waals surface area (Å²) in [6, 6.07) is 14.1. The van der Waals surface area contributed by atoms with Gasteiger partial charge in [0.2, 0.25) is 5.95 Å². The van der Waals surface area contributed by atoms with E-state index in [0.717, 1.165) is 33.7 Å². The molecule has 6 heteroatoms. The van der Waals surface area contributed by atoms with Crippen molar-refractivity contribution in [2.45, 2.75) is 26.3 Å². The van der Waals surface area contributed by atoms with Gasteiger partial charge in [-0.15, -0.1) is 0 Å². The molecule has 3 rings (SSSR count). The third-order valence-corrected chi connectivity index (χ3v) is 4.50. The molecule has 2 heterocycles. The summed E-state index contributed by atoms with van der Waals surface area (Å²) in [4.78, 5) is 13.4. The molecule has 0 saturated heterocycles. The van der Waals surface area contributed by atoms with E-state index in [1.165, 1.54) is 0 Å². The third kappa shape index (κ3) is 4.54. The highest BCUT2D eigenvalue weighted by Gasteiger charge is 2.10. The molecule has 0 bridgehead atoms. The van der Waals surface area contributed by atoms with Crippen molar-refractivity contribution in [3.63, 3.8) is 0 Å². The summed E-state index contributed by atoms with van der Waals surface area (Å²) >= 11 is 3.56. The molecular weight excluding hydrogens is 378 g/mol. The Morgan fingerprint density at radius 2 is 1.96 bits per heavy atom. The lowest BCUT2D eigenvalue weighted by molar-refractivity contribution is 0.753. The number of benzene rings is 1. The second-order valence-corrected chi connectivity index (χ2v) is 6.62. The van der Waals surface area contributed by atoms with Gasteiger partial charge in [0.1, 0.15) is 5.82 Å². The molecule has 128 valence electrons. The first kappa shape index (κ1) is 17.4. The summed E-state index contributed by atoms with van der Waals surface area (Å²) in [6.07, 6.45) is 4.55. The number of halogens is 1. The summed E-state index contributed by atoms with van der Waals surface area (Å²) in [5.74, 6) is 1.33. The number of aromatic nitrogens is 3. The lowest BCUT2D eigenvalue weighted by Gasteiger charge is -2.15. The van der Waals surface area contributed by atoms with Crippen molar-refractivity contribution in [1.82, 2.24) is 15.0 Å².